The van der Waals surface area contributed by atoms with Crippen LogP contribution < -0.4 is 5.69 Å². The molecule has 0 aliphatic heterocycles. The Morgan fingerprint density at radius 2 is 1.61 bits per heavy atom. The number of thioether (sulfide) groups is 1. The summed E-state index contributed by atoms with van der Waals surface area (Å²) in [6.45, 7) is 1.09. The molecule has 0 unspecified atom stereocenters. The third-order valence-corrected chi connectivity index (χ3v) is 5.63. The van der Waals surface area contributed by atoms with Crippen molar-refractivity contribution in [1.29, 1.82) is 0 Å². The van der Waals surface area contributed by atoms with Gasteiger partial charge in [0.25, 0.3) is 0 Å². The lowest BCUT2D eigenvalue weighted by atomic mass is 10.1. The lowest BCUT2D eigenvalue weighted by Crippen LogP contribution is -2.31. The third-order valence-electron chi connectivity index (χ3n) is 4.69. The Kier molecular flexibility index (Phi) is 5.62. The van der Waals surface area contributed by atoms with Gasteiger partial charge in [0.2, 0.25) is 5.91 Å². The van der Waals surface area contributed by atoms with Gasteiger partial charge < -0.3 is 4.90 Å². The first-order chi connectivity index (χ1) is 13.7. The van der Waals surface area contributed by atoms with Gasteiger partial charge in [-0.25, -0.2) is 9.89 Å². The molecule has 0 spiro atoms. The largest absolute Gasteiger partial charge is 0.344 e. The average Bonchev–Trinajstić information content (AvgIpc) is 3.49. The zero-order valence-corrected chi connectivity index (χ0v) is 16.3. The fourth-order valence-corrected chi connectivity index (χ4v) is 4.02. The van der Waals surface area contributed by atoms with Crippen LogP contribution in [-0.4, -0.2) is 31.3 Å². The summed E-state index contributed by atoms with van der Waals surface area (Å²) in [4.78, 5) is 26.8. The minimum absolute atomic E-state index is 0.0236. The fourth-order valence-electron chi connectivity index (χ4n) is 3.10. The number of amides is 1. The highest BCUT2D eigenvalue weighted by Crippen LogP contribution is 2.36. The molecule has 1 amide bonds. The summed E-state index contributed by atoms with van der Waals surface area (Å²) in [5, 5.41) is 7.19. The molecule has 3 aromatic rings. The SMILES string of the molecule is O=C(CSc1n[nH]c(=O)n1C1CC1)N(Cc1ccccc1)Cc1ccccc1. The van der Waals surface area contributed by atoms with Crippen LogP contribution in [0.15, 0.2) is 70.6 Å². The molecule has 6 nitrogen and oxygen atoms in total. The number of carbonyl (C=O) groups excluding carboxylic acids is 1. The van der Waals surface area contributed by atoms with E-state index in [9.17, 15) is 9.59 Å². The highest BCUT2D eigenvalue weighted by molar-refractivity contribution is 7.99. The lowest BCUT2D eigenvalue weighted by molar-refractivity contribution is -0.129. The maximum absolute atomic E-state index is 13.0. The Labute approximate surface area is 167 Å². The molecule has 7 heteroatoms. The number of benzene rings is 2. The molecular weight excluding hydrogens is 372 g/mol. The van der Waals surface area contributed by atoms with Crippen LogP contribution in [0.1, 0.15) is 30.0 Å². The molecule has 28 heavy (non-hydrogen) atoms. The number of H-pyrrole nitrogens is 1. The number of rotatable bonds is 8. The lowest BCUT2D eigenvalue weighted by Gasteiger charge is -2.23. The summed E-state index contributed by atoms with van der Waals surface area (Å²) >= 11 is 1.32. The van der Waals surface area contributed by atoms with Crippen LogP contribution in [0.25, 0.3) is 0 Å². The van der Waals surface area contributed by atoms with Crippen molar-refractivity contribution in [1.82, 2.24) is 19.7 Å². The van der Waals surface area contributed by atoms with Gasteiger partial charge in [-0.1, -0.05) is 72.4 Å². The van der Waals surface area contributed by atoms with E-state index in [0.717, 1.165) is 24.0 Å². The van der Waals surface area contributed by atoms with Crippen LogP contribution >= 0.6 is 11.8 Å². The van der Waals surface area contributed by atoms with E-state index >= 15 is 0 Å². The number of hydrogen-bond donors (Lipinski definition) is 1. The molecule has 1 aromatic heterocycles. The van der Waals surface area contributed by atoms with Crippen molar-refractivity contribution in [3.05, 3.63) is 82.3 Å². The first-order valence-corrected chi connectivity index (χ1v) is 10.3. The van der Waals surface area contributed by atoms with Gasteiger partial charge in [0, 0.05) is 19.1 Å². The van der Waals surface area contributed by atoms with Gasteiger partial charge >= 0.3 is 5.69 Å². The molecule has 0 bridgehead atoms. The first-order valence-electron chi connectivity index (χ1n) is 9.36. The number of carbonyl (C=O) groups is 1. The number of aromatic amines is 1. The molecule has 1 N–H and O–H groups in total. The predicted molar refractivity (Wildman–Crippen MR) is 109 cm³/mol. The Morgan fingerprint density at radius 3 is 2.14 bits per heavy atom. The van der Waals surface area contributed by atoms with Crippen LogP contribution in [-0.2, 0) is 17.9 Å². The van der Waals surface area contributed by atoms with Crippen LogP contribution in [0.2, 0.25) is 0 Å². The summed E-state index contributed by atoms with van der Waals surface area (Å²) in [5.41, 5.74) is 1.99. The van der Waals surface area contributed by atoms with Crippen LogP contribution in [0.3, 0.4) is 0 Å². The molecule has 0 radical (unpaired) electrons. The van der Waals surface area contributed by atoms with Crippen LogP contribution in [0.5, 0.6) is 0 Å². The van der Waals surface area contributed by atoms with Crippen molar-refractivity contribution in [2.45, 2.75) is 37.1 Å². The normalized spacial score (nSPS) is 13.4. The zero-order chi connectivity index (χ0) is 19.3. The molecule has 1 aliphatic carbocycles. The maximum Gasteiger partial charge on any atom is 0.344 e. The molecule has 1 fully saturated rings. The average molecular weight is 395 g/mol. The Morgan fingerprint density at radius 1 is 1.04 bits per heavy atom. The predicted octanol–water partition coefficient (Wildman–Crippen LogP) is 3.23. The number of nitrogens with zero attached hydrogens (tertiary/aromatic N) is 3. The van der Waals surface area contributed by atoms with Gasteiger partial charge in [-0.3, -0.25) is 9.36 Å². The summed E-state index contributed by atoms with van der Waals surface area (Å²) in [6, 6.07) is 20.2. The molecule has 1 aliphatic rings. The van der Waals surface area contributed by atoms with E-state index in [0.29, 0.717) is 18.2 Å². The minimum Gasteiger partial charge on any atom is -0.333 e. The van der Waals surface area contributed by atoms with E-state index in [1.165, 1.54) is 11.8 Å². The topological polar surface area (TPSA) is 71.0 Å². The van der Waals surface area contributed by atoms with Gasteiger partial charge in [0.15, 0.2) is 5.16 Å². The standard InChI is InChI=1S/C21H22N4O2S/c26-19(15-28-21-23-22-20(27)25(21)18-11-12-18)24(13-16-7-3-1-4-8-16)14-17-9-5-2-6-10-17/h1-10,18H,11-15H2,(H,22,27). The molecule has 2 aromatic carbocycles. The van der Waals surface area contributed by atoms with E-state index in [1.54, 1.807) is 4.57 Å². The summed E-state index contributed by atoms with van der Waals surface area (Å²) < 4.78 is 1.68. The van der Waals surface area contributed by atoms with Gasteiger partial charge in [-0.15, -0.1) is 5.10 Å². The second-order valence-corrected chi connectivity index (χ2v) is 7.86. The zero-order valence-electron chi connectivity index (χ0n) is 15.5. The molecule has 1 heterocycles. The van der Waals surface area contributed by atoms with E-state index in [-0.39, 0.29) is 23.4 Å². The molecule has 0 atom stereocenters. The molecule has 0 saturated heterocycles. The van der Waals surface area contributed by atoms with Crippen molar-refractivity contribution >= 4 is 17.7 Å². The molecule has 144 valence electrons. The second kappa shape index (κ2) is 8.48. The Bertz CT molecular complexity index is 939. The van der Waals surface area contributed by atoms with Gasteiger partial charge in [0.05, 0.1) is 5.75 Å². The summed E-state index contributed by atoms with van der Waals surface area (Å²) in [7, 11) is 0. The number of hydrogen-bond acceptors (Lipinski definition) is 4. The number of aromatic nitrogens is 3. The van der Waals surface area contributed by atoms with Crippen molar-refractivity contribution in [2.75, 3.05) is 5.75 Å². The maximum atomic E-state index is 13.0. The molecule has 1 saturated carbocycles. The van der Waals surface area contributed by atoms with Gasteiger partial charge in [-0.05, 0) is 24.0 Å². The Balaban J connectivity index is 1.47. The van der Waals surface area contributed by atoms with E-state index in [1.807, 2.05) is 65.6 Å². The second-order valence-electron chi connectivity index (χ2n) is 6.92. The monoisotopic (exact) mass is 394 g/mol. The number of nitrogens with one attached hydrogen (secondary N) is 1. The van der Waals surface area contributed by atoms with Crippen molar-refractivity contribution in [3.63, 3.8) is 0 Å². The van der Waals surface area contributed by atoms with Crippen molar-refractivity contribution < 1.29 is 4.79 Å². The summed E-state index contributed by atoms with van der Waals surface area (Å²) in [5.74, 6) is 0.270. The van der Waals surface area contributed by atoms with Crippen LogP contribution in [0.4, 0.5) is 0 Å². The summed E-state index contributed by atoms with van der Waals surface area (Å²) in [6.07, 6.45) is 1.99. The minimum atomic E-state index is -0.192. The molecular formula is C21H22N4O2S. The third kappa shape index (κ3) is 4.54. The van der Waals surface area contributed by atoms with Crippen molar-refractivity contribution in [3.8, 4) is 0 Å². The molecule has 4 rings (SSSR count). The Hall–Kier alpha value is -2.80. The van der Waals surface area contributed by atoms with Gasteiger partial charge in [0.1, 0.15) is 0 Å². The smallest absolute Gasteiger partial charge is 0.333 e. The highest BCUT2D eigenvalue weighted by Gasteiger charge is 2.29. The fraction of sp³-hybridized carbons (Fsp3) is 0.286. The van der Waals surface area contributed by atoms with E-state index in [2.05, 4.69) is 10.2 Å². The van der Waals surface area contributed by atoms with E-state index < -0.39 is 0 Å². The quantitative estimate of drug-likeness (QED) is 0.596. The van der Waals surface area contributed by atoms with Crippen LogP contribution in [0, 0.1) is 0 Å². The van der Waals surface area contributed by atoms with Crippen molar-refractivity contribution in [2.24, 2.45) is 0 Å². The van der Waals surface area contributed by atoms with Gasteiger partial charge in [-0.2, -0.15) is 0 Å². The highest BCUT2D eigenvalue weighted by atomic mass is 32.2. The van der Waals surface area contributed by atoms with E-state index in [4.69, 9.17) is 0 Å². The first kappa shape index (κ1) is 18.6.